The summed E-state index contributed by atoms with van der Waals surface area (Å²) in [6, 6.07) is 4.16. The number of rotatable bonds is 2. The van der Waals surface area contributed by atoms with Gasteiger partial charge in [-0.1, -0.05) is 59.7 Å². The lowest BCUT2D eigenvalue weighted by Crippen LogP contribution is -2.45. The zero-order valence-electron chi connectivity index (χ0n) is 18.1. The van der Waals surface area contributed by atoms with Crippen LogP contribution in [0.25, 0.3) is 6.08 Å². The van der Waals surface area contributed by atoms with Gasteiger partial charge in [-0.3, -0.25) is 4.79 Å². The summed E-state index contributed by atoms with van der Waals surface area (Å²) in [5.41, 5.74) is 2.62. The number of phenols is 1. The normalized spacial score (nSPS) is 21.0. The average Bonchev–Trinajstić information content (AvgIpc) is 2.95. The van der Waals surface area contributed by atoms with E-state index in [2.05, 4.69) is 64.8 Å². The van der Waals surface area contributed by atoms with Crippen LogP contribution in [-0.2, 0) is 15.6 Å². The van der Waals surface area contributed by atoms with E-state index in [1.807, 2.05) is 5.01 Å². The molecule has 154 valence electrons. The Balaban J connectivity index is 2.06. The quantitative estimate of drug-likeness (QED) is 0.733. The van der Waals surface area contributed by atoms with Crippen LogP contribution in [0.2, 0.25) is 0 Å². The molecule has 2 saturated heterocycles. The molecule has 1 N–H and O–H groups in total. The molecule has 0 saturated carbocycles. The van der Waals surface area contributed by atoms with E-state index < -0.39 is 0 Å². The van der Waals surface area contributed by atoms with Gasteiger partial charge in [0, 0.05) is 24.2 Å². The summed E-state index contributed by atoms with van der Waals surface area (Å²) in [4.78, 5) is 12.6. The summed E-state index contributed by atoms with van der Waals surface area (Å²) in [7, 11) is 0. The molecule has 28 heavy (non-hydrogen) atoms. The Morgan fingerprint density at radius 3 is 2.00 bits per heavy atom. The first kappa shape index (κ1) is 21.3. The third kappa shape index (κ3) is 4.41. The Hall–Kier alpha value is -1.46. The summed E-state index contributed by atoms with van der Waals surface area (Å²) in [5, 5.41) is 16.0. The molecule has 1 aromatic rings. The molecule has 2 aliphatic rings. The van der Waals surface area contributed by atoms with Gasteiger partial charge in [0.05, 0.1) is 10.8 Å². The van der Waals surface area contributed by atoms with E-state index >= 15 is 0 Å². The maximum Gasteiger partial charge on any atom is 0.252 e. The summed E-state index contributed by atoms with van der Waals surface area (Å²) in [5.74, 6) is 1.06. The monoisotopic (exact) mass is 402 g/mol. The molecule has 5 heteroatoms. The largest absolute Gasteiger partial charge is 0.507 e. The molecule has 0 radical (unpaired) electrons. The van der Waals surface area contributed by atoms with E-state index in [1.54, 1.807) is 11.8 Å². The van der Waals surface area contributed by atoms with Crippen molar-refractivity contribution in [1.82, 2.24) is 10.0 Å². The van der Waals surface area contributed by atoms with Crippen LogP contribution in [0.4, 0.5) is 0 Å². The van der Waals surface area contributed by atoms with Gasteiger partial charge in [-0.2, -0.15) is 0 Å². The van der Waals surface area contributed by atoms with E-state index in [-0.39, 0.29) is 16.7 Å². The Morgan fingerprint density at radius 2 is 1.50 bits per heavy atom. The van der Waals surface area contributed by atoms with Gasteiger partial charge in [0.15, 0.2) is 0 Å². The third-order valence-corrected chi connectivity index (χ3v) is 6.42. The molecule has 0 spiro atoms. The molecule has 3 rings (SSSR count). The summed E-state index contributed by atoms with van der Waals surface area (Å²) < 4.78 is 0. The first-order valence-electron chi connectivity index (χ1n) is 10.3. The van der Waals surface area contributed by atoms with Gasteiger partial charge in [0.25, 0.3) is 5.91 Å². The number of aromatic hydroxyl groups is 1. The van der Waals surface area contributed by atoms with Crippen LogP contribution in [0.1, 0.15) is 77.5 Å². The van der Waals surface area contributed by atoms with Crippen LogP contribution in [0, 0.1) is 0 Å². The number of hydrazine groups is 1. The molecule has 0 atom stereocenters. The number of benzene rings is 1. The predicted octanol–water partition coefficient (Wildman–Crippen LogP) is 5.26. The minimum atomic E-state index is -0.163. The standard InChI is InChI=1S/C23H34N2O2S/c1-22(2,3)17-12-16(13-18(21(17)27)23(4,5)6)14-20-25(19(26)15-28-20)24-10-8-7-9-11-24/h12-14,27H,7-11,15H2,1-6H3. The van der Waals surface area contributed by atoms with E-state index in [9.17, 15) is 9.90 Å². The molecule has 0 bridgehead atoms. The fourth-order valence-electron chi connectivity index (χ4n) is 3.88. The van der Waals surface area contributed by atoms with Crippen molar-refractivity contribution in [2.24, 2.45) is 0 Å². The van der Waals surface area contributed by atoms with Gasteiger partial charge in [0.2, 0.25) is 0 Å². The fraction of sp³-hybridized carbons (Fsp3) is 0.609. The van der Waals surface area contributed by atoms with E-state index in [1.165, 1.54) is 6.42 Å². The maximum atomic E-state index is 12.6. The van der Waals surface area contributed by atoms with Crippen LogP contribution in [0.15, 0.2) is 17.2 Å². The number of thioether (sulfide) groups is 1. The topological polar surface area (TPSA) is 43.8 Å². The SMILES string of the molecule is CC(C)(C)c1cc(C=C2SCC(=O)N2N2CCCCC2)cc(C(C)(C)C)c1O. The molecule has 2 fully saturated rings. The highest BCUT2D eigenvalue weighted by Gasteiger charge is 2.33. The minimum absolute atomic E-state index is 0.163. The van der Waals surface area contributed by atoms with Crippen LogP contribution in [0.5, 0.6) is 5.75 Å². The lowest BCUT2D eigenvalue weighted by molar-refractivity contribution is -0.140. The molecular weight excluding hydrogens is 368 g/mol. The maximum absolute atomic E-state index is 12.6. The second-order valence-corrected chi connectivity index (χ2v) is 11.0. The highest BCUT2D eigenvalue weighted by Crippen LogP contribution is 2.41. The van der Waals surface area contributed by atoms with Crippen molar-refractivity contribution in [2.75, 3.05) is 18.8 Å². The number of carbonyl (C=O) groups excluding carboxylic acids is 1. The molecule has 4 nitrogen and oxygen atoms in total. The van der Waals surface area contributed by atoms with Crippen molar-refractivity contribution in [3.63, 3.8) is 0 Å². The zero-order valence-corrected chi connectivity index (χ0v) is 18.9. The molecule has 1 amide bonds. The summed E-state index contributed by atoms with van der Waals surface area (Å²) in [6.45, 7) is 14.6. The van der Waals surface area contributed by atoms with Crippen molar-refractivity contribution in [1.29, 1.82) is 0 Å². The predicted molar refractivity (Wildman–Crippen MR) is 118 cm³/mol. The van der Waals surface area contributed by atoms with Gasteiger partial charge >= 0.3 is 0 Å². The fourth-order valence-corrected chi connectivity index (χ4v) is 4.84. The average molecular weight is 403 g/mol. The highest BCUT2D eigenvalue weighted by atomic mass is 32.2. The molecule has 2 heterocycles. The lowest BCUT2D eigenvalue weighted by Gasteiger charge is -2.34. The molecule has 1 aromatic carbocycles. The van der Waals surface area contributed by atoms with Crippen LogP contribution in [-0.4, -0.2) is 39.9 Å². The van der Waals surface area contributed by atoms with E-state index in [4.69, 9.17) is 0 Å². The van der Waals surface area contributed by atoms with Gasteiger partial charge in [-0.25, -0.2) is 10.0 Å². The number of hydrogen-bond donors (Lipinski definition) is 1. The molecule has 0 unspecified atom stereocenters. The highest BCUT2D eigenvalue weighted by molar-refractivity contribution is 8.04. The number of phenolic OH excluding ortho intramolecular Hbond substituents is 1. The lowest BCUT2D eigenvalue weighted by atomic mass is 9.78. The van der Waals surface area contributed by atoms with Gasteiger partial charge < -0.3 is 5.11 Å². The molecule has 0 aromatic heterocycles. The van der Waals surface area contributed by atoms with Crippen molar-refractivity contribution < 1.29 is 9.90 Å². The number of carbonyl (C=O) groups is 1. The molecular formula is C23H34N2O2S. The van der Waals surface area contributed by atoms with E-state index in [0.29, 0.717) is 11.5 Å². The zero-order chi connectivity index (χ0) is 20.7. The van der Waals surface area contributed by atoms with Gasteiger partial charge in [0.1, 0.15) is 5.75 Å². The number of hydrogen-bond acceptors (Lipinski definition) is 4. The molecule has 2 aliphatic heterocycles. The third-order valence-electron chi connectivity index (χ3n) is 5.44. The number of nitrogens with zero attached hydrogens (tertiary/aromatic N) is 2. The van der Waals surface area contributed by atoms with Crippen molar-refractivity contribution in [3.8, 4) is 5.75 Å². The first-order valence-corrected chi connectivity index (χ1v) is 11.3. The smallest absolute Gasteiger partial charge is 0.252 e. The minimum Gasteiger partial charge on any atom is -0.507 e. The van der Waals surface area contributed by atoms with Gasteiger partial charge in [-0.15, -0.1) is 0 Å². The van der Waals surface area contributed by atoms with Crippen LogP contribution >= 0.6 is 11.8 Å². The molecule has 0 aliphatic carbocycles. The van der Waals surface area contributed by atoms with Crippen molar-refractivity contribution in [2.45, 2.75) is 71.6 Å². The van der Waals surface area contributed by atoms with E-state index in [0.717, 1.165) is 47.7 Å². The van der Waals surface area contributed by atoms with Gasteiger partial charge in [-0.05, 0) is 47.4 Å². The second kappa shape index (κ2) is 7.75. The summed E-state index contributed by atoms with van der Waals surface area (Å²) >= 11 is 1.61. The van der Waals surface area contributed by atoms with Crippen molar-refractivity contribution >= 4 is 23.7 Å². The van der Waals surface area contributed by atoms with Crippen molar-refractivity contribution in [3.05, 3.63) is 33.9 Å². The first-order chi connectivity index (χ1) is 13.0. The Labute approximate surface area is 174 Å². The number of amides is 1. The Bertz CT molecular complexity index is 746. The Morgan fingerprint density at radius 1 is 0.964 bits per heavy atom. The van der Waals surface area contributed by atoms with Crippen LogP contribution in [0.3, 0.4) is 0 Å². The summed E-state index contributed by atoms with van der Waals surface area (Å²) in [6.07, 6.45) is 5.65. The second-order valence-electron chi connectivity index (χ2n) is 9.96. The van der Waals surface area contributed by atoms with Crippen LogP contribution < -0.4 is 0 Å². The Kier molecular flexibility index (Phi) is 5.88. The number of piperidine rings is 1.